The lowest BCUT2D eigenvalue weighted by Crippen LogP contribution is -2.68. The summed E-state index contributed by atoms with van der Waals surface area (Å²) < 4.78 is 25.4. The first-order valence-electron chi connectivity index (χ1n) is 11.1. The number of hydrogen-bond acceptors (Lipinski definition) is 5. The van der Waals surface area contributed by atoms with Gasteiger partial charge in [0, 0.05) is 36.8 Å². The lowest BCUT2D eigenvalue weighted by Gasteiger charge is -2.59. The molecule has 3 heterocycles. The van der Waals surface area contributed by atoms with Crippen LogP contribution in [0.25, 0.3) is 0 Å². The monoisotopic (exact) mass is 446 g/mol. The van der Waals surface area contributed by atoms with Crippen molar-refractivity contribution in [3.63, 3.8) is 0 Å². The van der Waals surface area contributed by atoms with Gasteiger partial charge in [-0.1, -0.05) is 36.4 Å². The van der Waals surface area contributed by atoms with Crippen LogP contribution in [0, 0.1) is 5.82 Å². The number of fused-ring (bicyclic) bond motifs is 4. The van der Waals surface area contributed by atoms with Crippen molar-refractivity contribution in [1.82, 2.24) is 4.90 Å². The second-order valence-electron chi connectivity index (χ2n) is 8.66. The van der Waals surface area contributed by atoms with Gasteiger partial charge in [-0.3, -0.25) is 9.69 Å². The third kappa shape index (κ3) is 3.19. The fourth-order valence-corrected chi connectivity index (χ4v) is 5.42. The van der Waals surface area contributed by atoms with E-state index in [9.17, 15) is 14.3 Å². The van der Waals surface area contributed by atoms with Crippen LogP contribution in [0.2, 0.25) is 0 Å². The number of para-hydroxylation sites is 1. The number of carbonyl (C=O) groups is 1. The number of likely N-dealkylation sites (tertiary alicyclic amines) is 1. The van der Waals surface area contributed by atoms with Crippen molar-refractivity contribution < 1.29 is 23.8 Å². The van der Waals surface area contributed by atoms with E-state index in [1.807, 2.05) is 42.5 Å². The largest absolute Gasteiger partial charge is 0.454 e. The van der Waals surface area contributed by atoms with Crippen molar-refractivity contribution in [2.24, 2.45) is 0 Å². The fraction of sp³-hybridized carbons (Fsp3) is 0.269. The molecule has 6 rings (SSSR count). The van der Waals surface area contributed by atoms with Crippen molar-refractivity contribution in [3.05, 3.63) is 89.2 Å². The zero-order valence-corrected chi connectivity index (χ0v) is 17.9. The summed E-state index contributed by atoms with van der Waals surface area (Å²) in [5, 5.41) is 10.2. The molecule has 0 radical (unpaired) electrons. The summed E-state index contributed by atoms with van der Waals surface area (Å²) in [6.45, 7) is 1.26. The molecule has 1 saturated heterocycles. The third-order valence-corrected chi connectivity index (χ3v) is 6.98. The Hall–Kier alpha value is -3.42. The SMILES string of the molecule is O=C(c1ccccc1F)N1C[C@@H]2[C@H](c3ccccc31)[C@@H](CO)N2Cc1ccc2c(c1)OCO2. The Bertz CT molecular complexity index is 1230. The minimum atomic E-state index is -0.527. The van der Waals surface area contributed by atoms with Crippen molar-refractivity contribution in [3.8, 4) is 11.5 Å². The zero-order chi connectivity index (χ0) is 22.5. The number of aliphatic hydroxyl groups excluding tert-OH is 1. The molecule has 0 bridgehead atoms. The lowest BCUT2D eigenvalue weighted by molar-refractivity contribution is -0.0488. The van der Waals surface area contributed by atoms with Crippen LogP contribution < -0.4 is 14.4 Å². The van der Waals surface area contributed by atoms with Gasteiger partial charge in [0.25, 0.3) is 5.91 Å². The van der Waals surface area contributed by atoms with E-state index >= 15 is 0 Å². The summed E-state index contributed by atoms with van der Waals surface area (Å²) in [6, 6.07) is 19.6. The predicted octanol–water partition coefficient (Wildman–Crippen LogP) is 3.54. The standard InChI is InChI=1S/C26H23FN2O4/c27-19-7-3-1-5-17(19)26(31)29-13-21-25(18-6-2-4-8-20(18)29)22(14-30)28(21)12-16-9-10-23-24(11-16)33-15-32-23/h1-11,21-22,25,30H,12-15H2/t21-,22-,25+/m1/s1. The Balaban J connectivity index is 1.34. The number of ether oxygens (including phenoxy) is 2. The number of amides is 1. The maximum Gasteiger partial charge on any atom is 0.261 e. The molecule has 3 aromatic rings. The molecule has 3 aliphatic heterocycles. The van der Waals surface area contributed by atoms with Crippen LogP contribution in [0.3, 0.4) is 0 Å². The van der Waals surface area contributed by atoms with Crippen LogP contribution in [0.1, 0.15) is 27.4 Å². The number of anilines is 1. The second kappa shape index (κ2) is 7.86. The molecule has 3 aromatic carbocycles. The van der Waals surface area contributed by atoms with Crippen molar-refractivity contribution in [2.45, 2.75) is 24.5 Å². The van der Waals surface area contributed by atoms with E-state index < -0.39 is 5.82 Å². The van der Waals surface area contributed by atoms with E-state index in [0.29, 0.717) is 13.1 Å². The summed E-state index contributed by atoms with van der Waals surface area (Å²) >= 11 is 0. The topological polar surface area (TPSA) is 62.2 Å². The maximum atomic E-state index is 14.4. The number of halogens is 1. The first-order valence-corrected chi connectivity index (χ1v) is 11.1. The summed E-state index contributed by atoms with van der Waals surface area (Å²) in [5.41, 5.74) is 2.90. The minimum absolute atomic E-state index is 0.0122. The number of benzene rings is 3. The quantitative estimate of drug-likeness (QED) is 0.664. The Labute approximate surface area is 190 Å². The summed E-state index contributed by atoms with van der Waals surface area (Å²) in [7, 11) is 0. The van der Waals surface area contributed by atoms with E-state index in [1.165, 1.54) is 12.1 Å². The Morgan fingerprint density at radius 2 is 1.82 bits per heavy atom. The number of carbonyl (C=O) groups excluding carboxylic acids is 1. The summed E-state index contributed by atoms with van der Waals surface area (Å²) in [5.74, 6) is 0.670. The number of hydrogen-bond donors (Lipinski definition) is 1. The summed E-state index contributed by atoms with van der Waals surface area (Å²) in [4.78, 5) is 17.3. The van der Waals surface area contributed by atoms with Crippen molar-refractivity contribution in [2.75, 3.05) is 24.8 Å². The fourth-order valence-electron chi connectivity index (χ4n) is 5.42. The molecule has 0 aliphatic carbocycles. The highest BCUT2D eigenvalue weighted by Crippen LogP contribution is 2.49. The molecule has 1 N–H and O–H groups in total. The molecule has 3 atom stereocenters. The Kier molecular flexibility index (Phi) is 4.81. The van der Waals surface area contributed by atoms with E-state index in [2.05, 4.69) is 4.90 Å². The first kappa shape index (κ1) is 20.2. The Morgan fingerprint density at radius 1 is 1.03 bits per heavy atom. The number of nitrogens with zero attached hydrogens (tertiary/aromatic N) is 2. The number of rotatable bonds is 4. The van der Waals surface area contributed by atoms with E-state index in [0.717, 1.165) is 28.3 Å². The second-order valence-corrected chi connectivity index (χ2v) is 8.66. The molecule has 0 saturated carbocycles. The maximum absolute atomic E-state index is 14.4. The highest BCUT2D eigenvalue weighted by Gasteiger charge is 2.53. The molecule has 3 aliphatic rings. The normalized spacial score (nSPS) is 23.0. The average molecular weight is 446 g/mol. The summed E-state index contributed by atoms with van der Waals surface area (Å²) in [6.07, 6.45) is 0. The highest BCUT2D eigenvalue weighted by atomic mass is 19.1. The van der Waals surface area contributed by atoms with Crippen molar-refractivity contribution >= 4 is 11.6 Å². The molecule has 7 heteroatoms. The molecule has 1 fully saturated rings. The van der Waals surface area contributed by atoms with Crippen LogP contribution in [0.15, 0.2) is 66.7 Å². The zero-order valence-electron chi connectivity index (χ0n) is 17.9. The molecule has 33 heavy (non-hydrogen) atoms. The highest BCUT2D eigenvalue weighted by molar-refractivity contribution is 6.07. The van der Waals surface area contributed by atoms with Gasteiger partial charge in [0.05, 0.1) is 12.2 Å². The van der Waals surface area contributed by atoms with Gasteiger partial charge in [0.15, 0.2) is 11.5 Å². The predicted molar refractivity (Wildman–Crippen MR) is 120 cm³/mol. The van der Waals surface area contributed by atoms with Gasteiger partial charge < -0.3 is 19.5 Å². The molecule has 0 spiro atoms. The van der Waals surface area contributed by atoms with Crippen LogP contribution in [-0.2, 0) is 6.54 Å². The smallest absolute Gasteiger partial charge is 0.261 e. The van der Waals surface area contributed by atoms with Gasteiger partial charge >= 0.3 is 0 Å². The molecule has 0 aromatic heterocycles. The minimum Gasteiger partial charge on any atom is -0.454 e. The third-order valence-electron chi connectivity index (χ3n) is 6.98. The number of aliphatic hydroxyl groups is 1. The van der Waals surface area contributed by atoms with Gasteiger partial charge in [-0.2, -0.15) is 0 Å². The van der Waals surface area contributed by atoms with Crippen LogP contribution in [0.5, 0.6) is 11.5 Å². The molecule has 168 valence electrons. The molecule has 6 nitrogen and oxygen atoms in total. The van der Waals surface area contributed by atoms with Crippen LogP contribution in [0.4, 0.5) is 10.1 Å². The lowest BCUT2D eigenvalue weighted by atomic mass is 9.71. The molecular formula is C26H23FN2O4. The Morgan fingerprint density at radius 3 is 2.67 bits per heavy atom. The van der Waals surface area contributed by atoms with Gasteiger partial charge in [0.2, 0.25) is 6.79 Å². The van der Waals surface area contributed by atoms with Crippen LogP contribution in [-0.4, -0.2) is 47.9 Å². The molecule has 0 unspecified atom stereocenters. The van der Waals surface area contributed by atoms with Gasteiger partial charge in [0.1, 0.15) is 5.82 Å². The molecular weight excluding hydrogens is 423 g/mol. The van der Waals surface area contributed by atoms with E-state index in [1.54, 1.807) is 17.0 Å². The first-order chi connectivity index (χ1) is 16.2. The van der Waals surface area contributed by atoms with Gasteiger partial charge in [-0.05, 0) is 41.5 Å². The van der Waals surface area contributed by atoms with Gasteiger partial charge in [-0.15, -0.1) is 0 Å². The van der Waals surface area contributed by atoms with E-state index in [-0.39, 0.29) is 42.9 Å². The van der Waals surface area contributed by atoms with Crippen molar-refractivity contribution in [1.29, 1.82) is 0 Å². The average Bonchev–Trinajstić information content (AvgIpc) is 3.30. The van der Waals surface area contributed by atoms with Gasteiger partial charge in [-0.25, -0.2) is 4.39 Å². The molecule has 1 amide bonds. The van der Waals surface area contributed by atoms with Crippen LogP contribution >= 0.6 is 0 Å². The van der Waals surface area contributed by atoms with E-state index in [4.69, 9.17) is 9.47 Å².